The molecule has 0 unspecified atom stereocenters. The topological polar surface area (TPSA) is 77.3 Å². The van der Waals surface area contributed by atoms with Crippen molar-refractivity contribution in [2.24, 2.45) is 5.73 Å². The molecule has 0 aromatic carbocycles. The van der Waals surface area contributed by atoms with Gasteiger partial charge in [-0.05, 0) is 31.9 Å². The van der Waals surface area contributed by atoms with Crippen LogP contribution < -0.4 is 5.73 Å². The number of nitrogens with two attached hydrogens (primary N) is 1. The molecule has 1 amide bonds. The van der Waals surface area contributed by atoms with Gasteiger partial charge in [-0.15, -0.1) is 0 Å². The zero-order chi connectivity index (χ0) is 14.8. The minimum Gasteiger partial charge on any atom is -0.464 e. The molecule has 1 fully saturated rings. The average molecular weight is 288 g/mol. The zero-order valence-electron chi connectivity index (χ0n) is 12.2. The Morgan fingerprint density at radius 3 is 2.95 bits per heavy atom. The number of carbonyl (C=O) groups excluding carboxylic acids is 1. The molecule has 0 aliphatic heterocycles. The van der Waals surface area contributed by atoms with Gasteiger partial charge in [0.1, 0.15) is 17.2 Å². The minimum absolute atomic E-state index is 0.0395. The molecule has 2 aromatic rings. The Morgan fingerprint density at radius 2 is 2.33 bits per heavy atom. The second-order valence-corrected chi connectivity index (χ2v) is 5.46. The number of hydrogen-bond acceptors (Lipinski definition) is 4. The SMILES string of the molecule is Cc1ccc(CN(C(=O)c2cn(CCN)cn2)C2CC2)o1. The summed E-state index contributed by atoms with van der Waals surface area (Å²) >= 11 is 0. The van der Waals surface area contributed by atoms with Crippen molar-refractivity contribution in [2.75, 3.05) is 6.54 Å². The van der Waals surface area contributed by atoms with Crippen LogP contribution in [0.15, 0.2) is 29.1 Å². The van der Waals surface area contributed by atoms with E-state index in [0.717, 1.165) is 24.4 Å². The highest BCUT2D eigenvalue weighted by atomic mass is 16.3. The summed E-state index contributed by atoms with van der Waals surface area (Å²) in [5, 5.41) is 0. The molecular formula is C15H20N4O2. The summed E-state index contributed by atoms with van der Waals surface area (Å²) in [5.74, 6) is 1.64. The Labute approximate surface area is 123 Å². The first kappa shape index (κ1) is 13.9. The fourth-order valence-corrected chi connectivity index (χ4v) is 2.38. The maximum Gasteiger partial charge on any atom is 0.274 e. The first-order valence-corrected chi connectivity index (χ1v) is 7.25. The standard InChI is InChI=1S/C15H20N4O2/c1-11-2-5-13(21-11)8-19(12-3-4-12)15(20)14-9-18(7-6-16)10-17-14/h2,5,9-10,12H,3-4,6-8,16H2,1H3. The molecule has 6 nitrogen and oxygen atoms in total. The summed E-state index contributed by atoms with van der Waals surface area (Å²) in [6.07, 6.45) is 5.52. The maximum absolute atomic E-state index is 12.6. The second-order valence-electron chi connectivity index (χ2n) is 5.46. The van der Waals surface area contributed by atoms with Crippen LogP contribution in [0, 0.1) is 6.92 Å². The number of rotatable bonds is 6. The van der Waals surface area contributed by atoms with Gasteiger partial charge in [-0.25, -0.2) is 4.98 Å². The van der Waals surface area contributed by atoms with Gasteiger partial charge in [0, 0.05) is 25.3 Å². The predicted molar refractivity (Wildman–Crippen MR) is 77.6 cm³/mol. The van der Waals surface area contributed by atoms with Gasteiger partial charge in [-0.1, -0.05) is 0 Å². The van der Waals surface area contributed by atoms with Crippen LogP contribution in [0.5, 0.6) is 0 Å². The van der Waals surface area contributed by atoms with E-state index in [0.29, 0.717) is 31.4 Å². The highest BCUT2D eigenvalue weighted by Gasteiger charge is 2.34. The van der Waals surface area contributed by atoms with Crippen molar-refractivity contribution < 1.29 is 9.21 Å². The Bertz CT molecular complexity index is 627. The lowest BCUT2D eigenvalue weighted by Crippen LogP contribution is -2.32. The largest absolute Gasteiger partial charge is 0.464 e. The van der Waals surface area contributed by atoms with E-state index in [2.05, 4.69) is 4.98 Å². The van der Waals surface area contributed by atoms with Gasteiger partial charge in [-0.2, -0.15) is 0 Å². The van der Waals surface area contributed by atoms with Gasteiger partial charge in [0.05, 0.1) is 12.9 Å². The number of hydrogen-bond donors (Lipinski definition) is 1. The summed E-state index contributed by atoms with van der Waals surface area (Å²) in [7, 11) is 0. The van der Waals surface area contributed by atoms with Gasteiger partial charge in [0.25, 0.3) is 5.91 Å². The Balaban J connectivity index is 1.74. The molecule has 6 heteroatoms. The molecule has 21 heavy (non-hydrogen) atoms. The summed E-state index contributed by atoms with van der Waals surface area (Å²) in [6.45, 7) is 3.60. The number of furan rings is 1. The van der Waals surface area contributed by atoms with Crippen molar-refractivity contribution in [2.45, 2.75) is 38.9 Å². The predicted octanol–water partition coefficient (Wildman–Crippen LogP) is 1.55. The van der Waals surface area contributed by atoms with E-state index < -0.39 is 0 Å². The Morgan fingerprint density at radius 1 is 1.52 bits per heavy atom. The quantitative estimate of drug-likeness (QED) is 0.875. The lowest BCUT2D eigenvalue weighted by Gasteiger charge is -2.20. The molecule has 1 aliphatic carbocycles. The van der Waals surface area contributed by atoms with Crippen molar-refractivity contribution in [1.29, 1.82) is 0 Å². The molecule has 3 rings (SSSR count). The second kappa shape index (κ2) is 5.73. The maximum atomic E-state index is 12.6. The highest BCUT2D eigenvalue weighted by Crippen LogP contribution is 2.29. The number of imidazole rings is 1. The fourth-order valence-electron chi connectivity index (χ4n) is 2.38. The number of aromatic nitrogens is 2. The van der Waals surface area contributed by atoms with Crippen LogP contribution in [0.25, 0.3) is 0 Å². The third-order valence-electron chi connectivity index (χ3n) is 3.61. The van der Waals surface area contributed by atoms with E-state index in [1.54, 1.807) is 12.5 Å². The van der Waals surface area contributed by atoms with Crippen molar-refractivity contribution in [1.82, 2.24) is 14.5 Å². The van der Waals surface area contributed by atoms with Crippen molar-refractivity contribution in [3.8, 4) is 0 Å². The lowest BCUT2D eigenvalue weighted by molar-refractivity contribution is 0.0711. The van der Waals surface area contributed by atoms with E-state index in [-0.39, 0.29) is 5.91 Å². The molecule has 0 atom stereocenters. The molecule has 0 bridgehead atoms. The van der Waals surface area contributed by atoms with Crippen LogP contribution in [0.1, 0.15) is 34.9 Å². The van der Waals surface area contributed by atoms with Gasteiger partial charge in [0.15, 0.2) is 0 Å². The molecule has 1 saturated carbocycles. The van der Waals surface area contributed by atoms with E-state index in [9.17, 15) is 4.79 Å². The van der Waals surface area contributed by atoms with Gasteiger partial charge >= 0.3 is 0 Å². The average Bonchev–Trinajstić information content (AvgIpc) is 3.06. The van der Waals surface area contributed by atoms with E-state index in [4.69, 9.17) is 10.2 Å². The van der Waals surface area contributed by atoms with E-state index in [1.807, 2.05) is 28.5 Å². The normalized spacial score (nSPS) is 14.4. The van der Waals surface area contributed by atoms with Crippen LogP contribution in [0.2, 0.25) is 0 Å². The van der Waals surface area contributed by atoms with Crippen molar-refractivity contribution >= 4 is 5.91 Å². The molecule has 1 aliphatic rings. The van der Waals surface area contributed by atoms with Gasteiger partial charge in [0.2, 0.25) is 0 Å². The van der Waals surface area contributed by atoms with E-state index >= 15 is 0 Å². The first-order valence-electron chi connectivity index (χ1n) is 7.25. The fraction of sp³-hybridized carbons (Fsp3) is 0.467. The summed E-state index contributed by atoms with van der Waals surface area (Å²) in [6, 6.07) is 4.15. The summed E-state index contributed by atoms with van der Waals surface area (Å²) in [4.78, 5) is 18.7. The zero-order valence-corrected chi connectivity index (χ0v) is 12.2. The van der Waals surface area contributed by atoms with Crippen LogP contribution >= 0.6 is 0 Å². The highest BCUT2D eigenvalue weighted by molar-refractivity contribution is 5.92. The minimum atomic E-state index is -0.0395. The monoisotopic (exact) mass is 288 g/mol. The first-order chi connectivity index (χ1) is 10.2. The third kappa shape index (κ3) is 3.16. The van der Waals surface area contributed by atoms with Crippen LogP contribution in [0.4, 0.5) is 0 Å². The molecule has 112 valence electrons. The molecular weight excluding hydrogens is 268 g/mol. The van der Waals surface area contributed by atoms with E-state index in [1.165, 1.54) is 0 Å². The number of amides is 1. The van der Waals surface area contributed by atoms with Crippen LogP contribution in [-0.4, -0.2) is 32.9 Å². The molecule has 2 aromatic heterocycles. The smallest absolute Gasteiger partial charge is 0.274 e. The summed E-state index contributed by atoms with van der Waals surface area (Å²) < 4.78 is 7.43. The lowest BCUT2D eigenvalue weighted by atomic mass is 10.3. The van der Waals surface area contributed by atoms with Crippen molar-refractivity contribution in [3.05, 3.63) is 41.9 Å². The molecule has 0 saturated heterocycles. The number of aryl methyl sites for hydroxylation is 1. The number of carbonyl (C=O) groups is 1. The molecule has 2 N–H and O–H groups in total. The van der Waals surface area contributed by atoms with Gasteiger partial charge in [-0.3, -0.25) is 4.79 Å². The molecule has 2 heterocycles. The number of nitrogens with zero attached hydrogens (tertiary/aromatic N) is 3. The Hall–Kier alpha value is -2.08. The van der Waals surface area contributed by atoms with Crippen LogP contribution in [0.3, 0.4) is 0 Å². The van der Waals surface area contributed by atoms with Crippen LogP contribution in [-0.2, 0) is 13.1 Å². The van der Waals surface area contributed by atoms with Crippen molar-refractivity contribution in [3.63, 3.8) is 0 Å². The summed E-state index contributed by atoms with van der Waals surface area (Å²) in [5.41, 5.74) is 5.98. The van der Waals surface area contributed by atoms with Gasteiger partial charge < -0.3 is 19.6 Å². The third-order valence-corrected chi connectivity index (χ3v) is 3.61. The molecule has 0 spiro atoms. The Kier molecular flexibility index (Phi) is 3.79. The molecule has 0 radical (unpaired) electrons.